The van der Waals surface area contributed by atoms with Crippen molar-refractivity contribution in [2.24, 2.45) is 0 Å². The maximum atomic E-state index is 12.4. The van der Waals surface area contributed by atoms with Crippen molar-refractivity contribution in [1.29, 1.82) is 0 Å². The smallest absolute Gasteiger partial charge is 0.338 e. The summed E-state index contributed by atoms with van der Waals surface area (Å²) < 4.78 is 21.1. The number of carbonyl (C=O) groups excluding carboxylic acids is 4. The van der Waals surface area contributed by atoms with Crippen LogP contribution in [0.3, 0.4) is 0 Å². The summed E-state index contributed by atoms with van der Waals surface area (Å²) in [4.78, 5) is 49.6. The first-order valence-corrected chi connectivity index (χ1v) is 11.7. The summed E-state index contributed by atoms with van der Waals surface area (Å²) in [6, 6.07) is 4.49. The molecule has 0 aliphatic carbocycles. The quantitative estimate of drug-likeness (QED) is 0.338. The van der Waals surface area contributed by atoms with Crippen LogP contribution in [0.2, 0.25) is 0 Å². The summed E-state index contributed by atoms with van der Waals surface area (Å²) >= 11 is 0. The molecule has 1 fully saturated rings. The molecule has 0 atom stereocenters. The molecule has 1 saturated heterocycles. The maximum Gasteiger partial charge on any atom is 0.338 e. The van der Waals surface area contributed by atoms with Crippen molar-refractivity contribution in [2.45, 2.75) is 46.0 Å². The fraction of sp³-hybridized carbons (Fsp3) is 0.583. The lowest BCUT2D eigenvalue weighted by Gasteiger charge is -2.26. The van der Waals surface area contributed by atoms with Gasteiger partial charge in [0.15, 0.2) is 24.7 Å². The Bertz CT molecular complexity index is 836. The number of ether oxygens (including phenoxy) is 4. The van der Waals surface area contributed by atoms with Gasteiger partial charge >= 0.3 is 11.9 Å². The zero-order valence-corrected chi connectivity index (χ0v) is 19.9. The van der Waals surface area contributed by atoms with E-state index in [0.29, 0.717) is 31.1 Å². The molecule has 1 aromatic carbocycles. The van der Waals surface area contributed by atoms with Crippen LogP contribution in [0.5, 0.6) is 11.5 Å². The summed E-state index contributed by atoms with van der Waals surface area (Å²) in [6.07, 6.45) is 3.76. The number of likely N-dealkylation sites (tertiary alicyclic amines) is 1. The monoisotopic (exact) mass is 478 g/mol. The molecule has 188 valence electrons. The topological polar surface area (TPSA) is 120 Å². The molecular formula is C24H34N2O8. The van der Waals surface area contributed by atoms with E-state index in [1.165, 1.54) is 12.1 Å². The molecule has 0 spiro atoms. The zero-order valence-electron chi connectivity index (χ0n) is 19.9. The minimum atomic E-state index is -0.696. The summed E-state index contributed by atoms with van der Waals surface area (Å²) in [5.74, 6) is -0.914. The van der Waals surface area contributed by atoms with Crippen molar-refractivity contribution in [3.8, 4) is 11.5 Å². The fourth-order valence-corrected chi connectivity index (χ4v) is 3.36. The number of nitrogens with one attached hydrogen (secondary N) is 1. The van der Waals surface area contributed by atoms with Crippen molar-refractivity contribution in [2.75, 3.05) is 46.1 Å². The fourth-order valence-electron chi connectivity index (χ4n) is 3.36. The van der Waals surface area contributed by atoms with Crippen LogP contribution in [-0.2, 0) is 23.9 Å². The predicted octanol–water partition coefficient (Wildman–Crippen LogP) is 2.09. The molecule has 34 heavy (non-hydrogen) atoms. The highest BCUT2D eigenvalue weighted by Crippen LogP contribution is 2.29. The van der Waals surface area contributed by atoms with Gasteiger partial charge in [-0.1, -0.05) is 0 Å². The molecule has 1 aromatic rings. The van der Waals surface area contributed by atoms with Gasteiger partial charge in [0.25, 0.3) is 11.8 Å². The molecule has 1 aliphatic heterocycles. The third kappa shape index (κ3) is 9.29. The minimum Gasteiger partial charge on any atom is -0.490 e. The van der Waals surface area contributed by atoms with Crippen LogP contribution in [0.1, 0.15) is 56.3 Å². The van der Waals surface area contributed by atoms with E-state index in [2.05, 4.69) is 5.32 Å². The number of hydrogen-bond donors (Lipinski definition) is 1. The number of hydrogen-bond acceptors (Lipinski definition) is 8. The third-order valence-corrected chi connectivity index (χ3v) is 5.06. The lowest BCUT2D eigenvalue weighted by Crippen LogP contribution is -2.38. The summed E-state index contributed by atoms with van der Waals surface area (Å²) in [5, 5.41) is 2.58. The summed E-state index contributed by atoms with van der Waals surface area (Å²) in [5.41, 5.74) is 0.188. The molecule has 10 nitrogen and oxygen atoms in total. The minimum absolute atomic E-state index is 0.0843. The van der Waals surface area contributed by atoms with Gasteiger partial charge in [-0.25, -0.2) is 4.79 Å². The second-order valence-electron chi connectivity index (χ2n) is 7.66. The summed E-state index contributed by atoms with van der Waals surface area (Å²) in [6.45, 7) is 5.36. The number of benzene rings is 1. The number of piperidine rings is 1. The van der Waals surface area contributed by atoms with Crippen molar-refractivity contribution in [3.63, 3.8) is 0 Å². The van der Waals surface area contributed by atoms with E-state index in [0.717, 1.165) is 32.4 Å². The molecule has 1 N–H and O–H groups in total. The number of nitrogens with zero attached hydrogens (tertiary/aromatic N) is 1. The Morgan fingerprint density at radius 1 is 0.912 bits per heavy atom. The van der Waals surface area contributed by atoms with Crippen LogP contribution in [0.15, 0.2) is 18.2 Å². The van der Waals surface area contributed by atoms with E-state index in [4.69, 9.17) is 18.9 Å². The average Bonchev–Trinajstić information content (AvgIpc) is 2.85. The largest absolute Gasteiger partial charge is 0.490 e. The first kappa shape index (κ1) is 26.9. The molecule has 1 heterocycles. The van der Waals surface area contributed by atoms with Gasteiger partial charge in [-0.3, -0.25) is 14.4 Å². The van der Waals surface area contributed by atoms with Crippen molar-refractivity contribution in [3.05, 3.63) is 23.8 Å². The van der Waals surface area contributed by atoms with Crippen molar-refractivity contribution < 1.29 is 38.1 Å². The molecule has 0 unspecified atom stereocenters. The predicted molar refractivity (Wildman–Crippen MR) is 123 cm³/mol. The number of esters is 2. The van der Waals surface area contributed by atoms with Crippen LogP contribution < -0.4 is 14.8 Å². The Morgan fingerprint density at radius 2 is 1.68 bits per heavy atom. The number of rotatable bonds is 13. The molecule has 1 aliphatic rings. The molecule has 10 heteroatoms. The highest BCUT2D eigenvalue weighted by Gasteiger charge is 2.19. The zero-order chi connectivity index (χ0) is 24.8. The Kier molecular flexibility index (Phi) is 11.7. The van der Waals surface area contributed by atoms with Gasteiger partial charge in [0, 0.05) is 26.1 Å². The Balaban J connectivity index is 1.82. The van der Waals surface area contributed by atoms with Gasteiger partial charge in [-0.2, -0.15) is 0 Å². The van der Waals surface area contributed by atoms with E-state index in [-0.39, 0.29) is 37.0 Å². The Hall–Kier alpha value is -3.30. The standard InChI is InChI=1S/C24H34N2O8/c1-3-31-20-15-18(10-11-19(20)33-17-22(28)26-13-6-5-7-14-26)24(30)34-16-21(27)25-12-8-9-23(29)32-4-2/h10-11,15H,3-9,12-14,16-17H2,1-2H3,(H,25,27). The van der Waals surface area contributed by atoms with Crippen LogP contribution in [0.4, 0.5) is 0 Å². The highest BCUT2D eigenvalue weighted by molar-refractivity contribution is 5.92. The SMILES string of the molecule is CCOC(=O)CCCNC(=O)COC(=O)c1ccc(OCC(=O)N2CCCCC2)c(OCC)c1. The normalized spacial score (nSPS) is 13.1. The van der Waals surface area contributed by atoms with Gasteiger partial charge in [-0.15, -0.1) is 0 Å². The van der Waals surface area contributed by atoms with E-state index < -0.39 is 18.5 Å². The van der Waals surface area contributed by atoms with Crippen molar-refractivity contribution in [1.82, 2.24) is 10.2 Å². The molecule has 0 aromatic heterocycles. The van der Waals surface area contributed by atoms with Crippen LogP contribution >= 0.6 is 0 Å². The van der Waals surface area contributed by atoms with Gasteiger partial charge < -0.3 is 29.2 Å². The van der Waals surface area contributed by atoms with Crippen LogP contribution in [0, 0.1) is 0 Å². The molecule has 2 rings (SSSR count). The van der Waals surface area contributed by atoms with Crippen molar-refractivity contribution >= 4 is 23.8 Å². The Morgan fingerprint density at radius 3 is 2.38 bits per heavy atom. The molecule has 0 radical (unpaired) electrons. The first-order valence-electron chi connectivity index (χ1n) is 11.7. The van der Waals surface area contributed by atoms with Gasteiger partial charge in [0.1, 0.15) is 0 Å². The van der Waals surface area contributed by atoms with E-state index in [1.54, 1.807) is 24.8 Å². The van der Waals surface area contributed by atoms with Gasteiger partial charge in [0.05, 0.1) is 18.8 Å². The molecular weight excluding hydrogens is 444 g/mol. The van der Waals surface area contributed by atoms with E-state index in [9.17, 15) is 19.2 Å². The Labute approximate surface area is 199 Å². The summed E-state index contributed by atoms with van der Waals surface area (Å²) in [7, 11) is 0. The molecule has 0 saturated carbocycles. The average molecular weight is 479 g/mol. The molecule has 0 bridgehead atoms. The maximum absolute atomic E-state index is 12.4. The van der Waals surface area contributed by atoms with Crippen LogP contribution in [0.25, 0.3) is 0 Å². The second-order valence-corrected chi connectivity index (χ2v) is 7.66. The van der Waals surface area contributed by atoms with E-state index >= 15 is 0 Å². The lowest BCUT2D eigenvalue weighted by atomic mass is 10.1. The molecule has 2 amide bonds. The van der Waals surface area contributed by atoms with Gasteiger partial charge in [-0.05, 0) is 57.7 Å². The van der Waals surface area contributed by atoms with Crippen LogP contribution in [-0.4, -0.2) is 74.7 Å². The lowest BCUT2D eigenvalue weighted by molar-refractivity contribution is -0.143. The highest BCUT2D eigenvalue weighted by atomic mass is 16.5. The number of amides is 2. The number of carbonyl (C=O) groups is 4. The van der Waals surface area contributed by atoms with E-state index in [1.807, 2.05) is 0 Å². The third-order valence-electron chi connectivity index (χ3n) is 5.06. The first-order chi connectivity index (χ1) is 16.4. The second kappa shape index (κ2) is 14.8. The van der Waals surface area contributed by atoms with Gasteiger partial charge in [0.2, 0.25) is 0 Å².